The first-order valence-corrected chi connectivity index (χ1v) is 12.2. The maximum atomic E-state index is 13.6. The van der Waals surface area contributed by atoms with Crippen molar-refractivity contribution < 1.29 is 14.7 Å². The van der Waals surface area contributed by atoms with Crippen molar-refractivity contribution in [2.75, 3.05) is 6.54 Å². The molecule has 170 valence electrons. The van der Waals surface area contributed by atoms with Crippen molar-refractivity contribution in [3.63, 3.8) is 0 Å². The minimum atomic E-state index is -0.934. The van der Waals surface area contributed by atoms with Gasteiger partial charge in [0.1, 0.15) is 0 Å². The van der Waals surface area contributed by atoms with Crippen LogP contribution in [0.15, 0.2) is 48.5 Å². The third-order valence-corrected chi connectivity index (χ3v) is 7.46. The molecule has 4 rings (SSSR count). The maximum Gasteiger partial charge on any atom is 0.304 e. The van der Waals surface area contributed by atoms with Gasteiger partial charge in [0, 0.05) is 28.4 Å². The summed E-state index contributed by atoms with van der Waals surface area (Å²) >= 11 is 12.5. The van der Waals surface area contributed by atoms with E-state index in [9.17, 15) is 14.7 Å². The normalized spacial score (nSPS) is 24.5. The number of amides is 1. The number of piperidine rings is 1. The van der Waals surface area contributed by atoms with Gasteiger partial charge in [0.2, 0.25) is 5.91 Å². The van der Waals surface area contributed by atoms with E-state index in [2.05, 4.69) is 0 Å². The van der Waals surface area contributed by atoms with E-state index in [4.69, 9.17) is 23.2 Å². The number of halogens is 2. The molecular formula is C26H29Cl2NO3. The number of carbonyl (C=O) groups excluding carboxylic acids is 1. The summed E-state index contributed by atoms with van der Waals surface area (Å²) in [5, 5.41) is 10.8. The highest BCUT2D eigenvalue weighted by Crippen LogP contribution is 2.47. The minimum absolute atomic E-state index is 0.0412. The highest BCUT2D eigenvalue weighted by atomic mass is 35.5. The number of carboxylic acid groups (broad SMARTS) is 1. The quantitative estimate of drug-likeness (QED) is 0.506. The van der Waals surface area contributed by atoms with Crippen molar-refractivity contribution in [3.05, 3.63) is 69.7 Å². The zero-order valence-electron chi connectivity index (χ0n) is 18.1. The van der Waals surface area contributed by atoms with Crippen LogP contribution in [0.2, 0.25) is 10.0 Å². The van der Waals surface area contributed by atoms with Crippen LogP contribution < -0.4 is 0 Å². The summed E-state index contributed by atoms with van der Waals surface area (Å²) in [6.45, 7) is 0.666. The first kappa shape index (κ1) is 23.1. The number of hydrogen-bond donors (Lipinski definition) is 1. The van der Waals surface area contributed by atoms with Crippen LogP contribution in [0.3, 0.4) is 0 Å². The third kappa shape index (κ3) is 5.29. The van der Waals surface area contributed by atoms with E-state index in [0.717, 1.165) is 24.0 Å². The number of benzene rings is 2. The molecule has 6 heteroatoms. The molecule has 0 bridgehead atoms. The predicted molar refractivity (Wildman–Crippen MR) is 127 cm³/mol. The summed E-state index contributed by atoms with van der Waals surface area (Å²) in [5.41, 5.74) is 2.06. The van der Waals surface area contributed by atoms with Crippen LogP contribution in [-0.4, -0.2) is 28.4 Å². The van der Waals surface area contributed by atoms with E-state index < -0.39 is 11.9 Å². The fourth-order valence-corrected chi connectivity index (χ4v) is 5.81. The topological polar surface area (TPSA) is 57.6 Å². The number of aliphatic carboxylic acids is 1. The first-order chi connectivity index (χ1) is 15.4. The summed E-state index contributed by atoms with van der Waals surface area (Å²) in [4.78, 5) is 27.2. The SMILES string of the molecule is O=C(O)CC1CC(c2cccc(Cl)c2)C(c2ccc(Cl)cc2)N(CC2CCCCC2)C1=O. The number of rotatable bonds is 6. The second-order valence-electron chi connectivity index (χ2n) is 9.18. The maximum absolute atomic E-state index is 13.6. The summed E-state index contributed by atoms with van der Waals surface area (Å²) in [6, 6.07) is 15.3. The molecule has 0 radical (unpaired) electrons. The van der Waals surface area contributed by atoms with Gasteiger partial charge in [0.15, 0.2) is 0 Å². The molecule has 1 heterocycles. The second-order valence-corrected chi connectivity index (χ2v) is 10.1. The fraction of sp³-hybridized carbons (Fsp3) is 0.462. The van der Waals surface area contributed by atoms with Gasteiger partial charge >= 0.3 is 5.97 Å². The Balaban J connectivity index is 1.77. The molecule has 2 aromatic rings. The molecule has 0 spiro atoms. The van der Waals surface area contributed by atoms with Crippen LogP contribution in [0.1, 0.15) is 68.0 Å². The van der Waals surface area contributed by atoms with Gasteiger partial charge in [-0.25, -0.2) is 0 Å². The molecule has 3 unspecified atom stereocenters. The lowest BCUT2D eigenvalue weighted by Crippen LogP contribution is -2.49. The average molecular weight is 474 g/mol. The highest BCUT2D eigenvalue weighted by Gasteiger charge is 2.44. The van der Waals surface area contributed by atoms with Gasteiger partial charge < -0.3 is 10.0 Å². The number of likely N-dealkylation sites (tertiary alicyclic amines) is 1. The summed E-state index contributed by atoms with van der Waals surface area (Å²) < 4.78 is 0. The zero-order valence-corrected chi connectivity index (χ0v) is 19.6. The van der Waals surface area contributed by atoms with E-state index >= 15 is 0 Å². The molecule has 2 aliphatic rings. The molecule has 32 heavy (non-hydrogen) atoms. The Hall–Kier alpha value is -2.04. The number of carbonyl (C=O) groups is 2. The van der Waals surface area contributed by atoms with Crippen LogP contribution in [-0.2, 0) is 9.59 Å². The van der Waals surface area contributed by atoms with Crippen molar-refractivity contribution in [2.45, 2.75) is 56.9 Å². The third-order valence-electron chi connectivity index (χ3n) is 6.98. The van der Waals surface area contributed by atoms with Crippen LogP contribution >= 0.6 is 23.2 Å². The van der Waals surface area contributed by atoms with Crippen molar-refractivity contribution in [1.29, 1.82) is 0 Å². The molecule has 3 atom stereocenters. The van der Waals surface area contributed by atoms with E-state index in [1.165, 1.54) is 19.3 Å². The molecule has 1 saturated carbocycles. The van der Waals surface area contributed by atoms with Crippen LogP contribution in [0.25, 0.3) is 0 Å². The number of hydrogen-bond acceptors (Lipinski definition) is 2. The Morgan fingerprint density at radius 1 is 0.969 bits per heavy atom. The van der Waals surface area contributed by atoms with Crippen LogP contribution in [0.5, 0.6) is 0 Å². The van der Waals surface area contributed by atoms with E-state index in [-0.39, 0.29) is 24.3 Å². The van der Waals surface area contributed by atoms with Crippen LogP contribution in [0.4, 0.5) is 0 Å². The lowest BCUT2D eigenvalue weighted by atomic mass is 9.74. The molecule has 1 saturated heterocycles. The lowest BCUT2D eigenvalue weighted by Gasteiger charge is -2.46. The van der Waals surface area contributed by atoms with Gasteiger partial charge in [-0.05, 0) is 60.6 Å². The molecule has 1 amide bonds. The smallest absolute Gasteiger partial charge is 0.304 e. The van der Waals surface area contributed by atoms with Gasteiger partial charge in [0.25, 0.3) is 0 Å². The van der Waals surface area contributed by atoms with Crippen molar-refractivity contribution in [1.82, 2.24) is 4.90 Å². The number of nitrogens with zero attached hydrogens (tertiary/aromatic N) is 1. The molecule has 1 aliphatic heterocycles. The fourth-order valence-electron chi connectivity index (χ4n) is 5.49. The summed E-state index contributed by atoms with van der Waals surface area (Å²) in [6.07, 6.45) is 6.19. The Bertz CT molecular complexity index is 956. The summed E-state index contributed by atoms with van der Waals surface area (Å²) in [7, 11) is 0. The molecule has 2 fully saturated rings. The summed E-state index contributed by atoms with van der Waals surface area (Å²) in [5.74, 6) is -1.11. The van der Waals surface area contributed by atoms with Crippen molar-refractivity contribution in [2.24, 2.45) is 11.8 Å². The largest absolute Gasteiger partial charge is 0.481 e. The Labute approximate surface area is 199 Å². The molecule has 4 nitrogen and oxygen atoms in total. The van der Waals surface area contributed by atoms with Crippen molar-refractivity contribution in [3.8, 4) is 0 Å². The molecule has 0 aromatic heterocycles. The Morgan fingerprint density at radius 2 is 1.69 bits per heavy atom. The average Bonchev–Trinajstić information content (AvgIpc) is 2.77. The monoisotopic (exact) mass is 473 g/mol. The second kappa shape index (κ2) is 10.3. The van der Waals surface area contributed by atoms with Gasteiger partial charge in [-0.1, -0.05) is 66.7 Å². The lowest BCUT2D eigenvalue weighted by molar-refractivity contribution is -0.150. The predicted octanol–water partition coefficient (Wildman–Crippen LogP) is 6.72. The van der Waals surface area contributed by atoms with Gasteiger partial charge in [0.05, 0.1) is 12.5 Å². The molecular weight excluding hydrogens is 445 g/mol. The standard InChI is InChI=1S/C26H29Cl2NO3/c27-21-11-9-18(10-12-21)25-23(19-7-4-8-22(28)13-19)14-20(15-24(30)31)26(32)29(25)16-17-5-2-1-3-6-17/h4,7-13,17,20,23,25H,1-3,5-6,14-16H2,(H,30,31). The van der Waals surface area contributed by atoms with E-state index in [1.54, 1.807) is 0 Å². The van der Waals surface area contributed by atoms with E-state index in [1.807, 2.05) is 53.4 Å². The van der Waals surface area contributed by atoms with Crippen molar-refractivity contribution >= 4 is 35.1 Å². The molecule has 1 N–H and O–H groups in total. The zero-order chi connectivity index (χ0) is 22.7. The van der Waals surface area contributed by atoms with Gasteiger partial charge in [-0.3, -0.25) is 9.59 Å². The Kier molecular flexibility index (Phi) is 7.42. The molecule has 1 aliphatic carbocycles. The van der Waals surface area contributed by atoms with Gasteiger partial charge in [-0.2, -0.15) is 0 Å². The van der Waals surface area contributed by atoms with E-state index in [0.29, 0.717) is 28.9 Å². The molecule has 2 aromatic carbocycles. The number of carboxylic acids is 1. The van der Waals surface area contributed by atoms with Gasteiger partial charge in [-0.15, -0.1) is 0 Å². The first-order valence-electron chi connectivity index (χ1n) is 11.5. The highest BCUT2D eigenvalue weighted by molar-refractivity contribution is 6.30. The minimum Gasteiger partial charge on any atom is -0.481 e. The Morgan fingerprint density at radius 3 is 2.34 bits per heavy atom. The van der Waals surface area contributed by atoms with Crippen LogP contribution in [0, 0.1) is 11.8 Å².